The van der Waals surface area contributed by atoms with Crippen LogP contribution < -0.4 is 5.32 Å². The van der Waals surface area contributed by atoms with Crippen molar-refractivity contribution in [3.63, 3.8) is 0 Å². The van der Waals surface area contributed by atoms with Gasteiger partial charge in [0.25, 0.3) is 0 Å². The van der Waals surface area contributed by atoms with E-state index in [1.165, 1.54) is 12.3 Å². The molecule has 40 heavy (non-hydrogen) atoms. The van der Waals surface area contributed by atoms with Crippen LogP contribution in [0.15, 0.2) is 35.8 Å². The first kappa shape index (κ1) is 28.1. The maximum absolute atomic E-state index is 15.9. The number of aliphatic carboxylic acids is 1. The van der Waals surface area contributed by atoms with Gasteiger partial charge in [0.2, 0.25) is 0 Å². The summed E-state index contributed by atoms with van der Waals surface area (Å²) in [6.07, 6.45) is 1.46. The number of thiazole rings is 1. The number of rotatable bonds is 8. The van der Waals surface area contributed by atoms with Crippen molar-refractivity contribution >= 4 is 40.5 Å². The predicted molar refractivity (Wildman–Crippen MR) is 146 cm³/mol. The molecule has 1 fully saturated rings. The standard InChI is InChI=1S/C27H26ClF3N6O2S/c1-14-10-19(36-35-14)34-24-23(31)20(25-32-7-9-40-25)22(30)18(33-24)12-27(26(38)39)6-8-37(15(2)11-27)13-16-4-3-5-17(28)21(16)29/h3-5,7,9-10,15H,6,8,11-13H2,1-2H3,(H,38,39)(H2,33,34,35,36)/t15-,27-/m1/s1. The van der Waals surface area contributed by atoms with Gasteiger partial charge < -0.3 is 10.4 Å². The van der Waals surface area contributed by atoms with Crippen molar-refractivity contribution in [1.82, 2.24) is 25.1 Å². The van der Waals surface area contributed by atoms with Crippen molar-refractivity contribution in [2.24, 2.45) is 5.41 Å². The lowest BCUT2D eigenvalue weighted by atomic mass is 9.72. The van der Waals surface area contributed by atoms with Crippen molar-refractivity contribution in [2.75, 3.05) is 11.9 Å². The molecule has 0 unspecified atom stereocenters. The summed E-state index contributed by atoms with van der Waals surface area (Å²) in [7, 11) is 0. The Morgan fingerprint density at radius 1 is 1.30 bits per heavy atom. The van der Waals surface area contributed by atoms with Crippen molar-refractivity contribution < 1.29 is 23.1 Å². The number of aromatic nitrogens is 4. The van der Waals surface area contributed by atoms with Crippen LogP contribution in [0.3, 0.4) is 0 Å². The van der Waals surface area contributed by atoms with E-state index in [2.05, 4.69) is 25.5 Å². The van der Waals surface area contributed by atoms with E-state index in [1.54, 1.807) is 30.5 Å². The minimum Gasteiger partial charge on any atom is -0.481 e. The minimum atomic E-state index is -1.38. The van der Waals surface area contributed by atoms with E-state index < -0.39 is 28.8 Å². The van der Waals surface area contributed by atoms with Crippen LogP contribution in [0.25, 0.3) is 10.6 Å². The Labute approximate surface area is 237 Å². The van der Waals surface area contributed by atoms with Crippen LogP contribution >= 0.6 is 22.9 Å². The Kier molecular flexibility index (Phi) is 7.85. The molecule has 0 amide bonds. The number of piperidine rings is 1. The Balaban J connectivity index is 1.47. The fraction of sp³-hybridized carbons (Fsp3) is 0.333. The maximum atomic E-state index is 15.9. The number of anilines is 2. The Bertz CT molecular complexity index is 1550. The molecule has 1 saturated heterocycles. The smallest absolute Gasteiger partial charge is 0.310 e. The van der Waals surface area contributed by atoms with Crippen molar-refractivity contribution in [3.05, 3.63) is 75.3 Å². The van der Waals surface area contributed by atoms with Gasteiger partial charge in [0.1, 0.15) is 10.8 Å². The molecule has 3 N–H and O–H groups in total. The monoisotopic (exact) mass is 590 g/mol. The number of benzene rings is 1. The molecule has 1 aromatic carbocycles. The molecule has 0 saturated carbocycles. The van der Waals surface area contributed by atoms with E-state index in [0.717, 1.165) is 11.3 Å². The molecule has 1 aliphatic heterocycles. The quantitative estimate of drug-likeness (QED) is 0.219. The topological polar surface area (TPSA) is 107 Å². The van der Waals surface area contributed by atoms with Crippen LogP contribution in [0.4, 0.5) is 24.8 Å². The van der Waals surface area contributed by atoms with E-state index in [1.807, 2.05) is 11.8 Å². The number of carboxylic acid groups (broad SMARTS) is 1. The van der Waals surface area contributed by atoms with E-state index in [9.17, 15) is 14.3 Å². The lowest BCUT2D eigenvalue weighted by Crippen LogP contribution is -2.50. The Morgan fingerprint density at radius 2 is 2.10 bits per heavy atom. The summed E-state index contributed by atoms with van der Waals surface area (Å²) in [6, 6.07) is 6.12. The molecule has 4 heterocycles. The highest BCUT2D eigenvalue weighted by atomic mass is 35.5. The first-order valence-electron chi connectivity index (χ1n) is 12.5. The molecule has 210 valence electrons. The lowest BCUT2D eigenvalue weighted by molar-refractivity contribution is -0.153. The average molecular weight is 591 g/mol. The highest BCUT2D eigenvalue weighted by Gasteiger charge is 2.46. The SMILES string of the molecule is Cc1cc(Nc2nc(C[C@@]3(C(=O)O)CCN(Cc4cccc(Cl)c4F)[C@H](C)C3)c(F)c(-c3nccs3)c2F)n[nH]1. The molecule has 13 heteroatoms. The zero-order chi connectivity index (χ0) is 28.6. The fourth-order valence-electron chi connectivity index (χ4n) is 5.18. The van der Waals surface area contributed by atoms with Gasteiger partial charge in [-0.05, 0) is 39.3 Å². The highest BCUT2D eigenvalue weighted by Crippen LogP contribution is 2.42. The van der Waals surface area contributed by atoms with Crippen LogP contribution in [0.2, 0.25) is 5.02 Å². The number of hydrogen-bond donors (Lipinski definition) is 3. The molecule has 0 aliphatic carbocycles. The first-order chi connectivity index (χ1) is 19.1. The lowest BCUT2D eigenvalue weighted by Gasteiger charge is -2.43. The second kappa shape index (κ2) is 11.2. The summed E-state index contributed by atoms with van der Waals surface area (Å²) in [5.41, 5.74) is -0.823. The molecule has 0 bridgehead atoms. The van der Waals surface area contributed by atoms with Gasteiger partial charge in [-0.3, -0.25) is 14.8 Å². The number of hydrogen-bond acceptors (Lipinski definition) is 7. The number of carbonyl (C=O) groups is 1. The van der Waals surface area contributed by atoms with Crippen LogP contribution in [-0.2, 0) is 17.8 Å². The Morgan fingerprint density at radius 3 is 2.75 bits per heavy atom. The van der Waals surface area contributed by atoms with Crippen molar-refractivity contribution in [3.8, 4) is 10.6 Å². The number of carboxylic acids is 1. The number of aromatic amines is 1. The first-order valence-corrected chi connectivity index (χ1v) is 13.8. The van der Waals surface area contributed by atoms with Gasteiger partial charge in [-0.25, -0.2) is 23.1 Å². The number of nitrogens with zero attached hydrogens (tertiary/aromatic N) is 4. The summed E-state index contributed by atoms with van der Waals surface area (Å²) in [4.78, 5) is 23.0. The molecule has 8 nitrogen and oxygen atoms in total. The molecule has 3 aromatic heterocycles. The molecule has 4 aromatic rings. The van der Waals surface area contributed by atoms with Crippen molar-refractivity contribution in [2.45, 2.75) is 45.7 Å². The van der Waals surface area contributed by atoms with Crippen LogP contribution in [-0.4, -0.2) is 48.7 Å². The average Bonchev–Trinajstić information content (AvgIpc) is 3.58. The normalized spacial score (nSPS) is 19.6. The van der Waals surface area contributed by atoms with E-state index >= 15 is 8.78 Å². The van der Waals surface area contributed by atoms with Gasteiger partial charge in [-0.1, -0.05) is 23.7 Å². The van der Waals surface area contributed by atoms with Gasteiger partial charge in [0.05, 0.1) is 21.7 Å². The second-order valence-electron chi connectivity index (χ2n) is 10.1. The van der Waals surface area contributed by atoms with Crippen LogP contribution in [0.5, 0.6) is 0 Å². The third kappa shape index (κ3) is 5.43. The number of likely N-dealkylation sites (tertiary alicyclic amines) is 1. The summed E-state index contributed by atoms with van der Waals surface area (Å²) in [6.45, 7) is 4.18. The van der Waals surface area contributed by atoms with E-state index in [0.29, 0.717) is 17.8 Å². The number of H-pyrrole nitrogens is 1. The third-order valence-electron chi connectivity index (χ3n) is 7.30. The number of aryl methyl sites for hydroxylation is 1. The molecule has 0 spiro atoms. The predicted octanol–water partition coefficient (Wildman–Crippen LogP) is 6.35. The van der Waals surface area contributed by atoms with Gasteiger partial charge in [-0.2, -0.15) is 5.10 Å². The minimum absolute atomic E-state index is 0.0188. The Hall–Kier alpha value is -3.48. The molecular weight excluding hydrogens is 565 g/mol. The van der Waals surface area contributed by atoms with Gasteiger partial charge in [-0.15, -0.1) is 11.3 Å². The molecule has 0 radical (unpaired) electrons. The zero-order valence-corrected chi connectivity index (χ0v) is 23.2. The molecule has 5 rings (SSSR count). The number of halogens is 4. The highest BCUT2D eigenvalue weighted by molar-refractivity contribution is 7.13. The van der Waals surface area contributed by atoms with E-state index in [4.69, 9.17) is 11.6 Å². The summed E-state index contributed by atoms with van der Waals surface area (Å²) in [5, 5.41) is 21.6. The van der Waals surface area contributed by atoms with Crippen molar-refractivity contribution in [1.29, 1.82) is 0 Å². The number of nitrogens with one attached hydrogen (secondary N) is 2. The summed E-state index contributed by atoms with van der Waals surface area (Å²) in [5.74, 6) is -3.52. The zero-order valence-electron chi connectivity index (χ0n) is 21.6. The third-order valence-corrected chi connectivity index (χ3v) is 8.38. The van der Waals surface area contributed by atoms with Gasteiger partial charge in [0.15, 0.2) is 23.3 Å². The molecule has 1 aliphatic rings. The number of pyridine rings is 1. The maximum Gasteiger partial charge on any atom is 0.310 e. The largest absolute Gasteiger partial charge is 0.481 e. The van der Waals surface area contributed by atoms with E-state index in [-0.39, 0.29) is 64.8 Å². The van der Waals surface area contributed by atoms with Crippen LogP contribution in [0, 0.1) is 29.8 Å². The molecule has 2 atom stereocenters. The van der Waals surface area contributed by atoms with Gasteiger partial charge >= 0.3 is 5.97 Å². The van der Waals surface area contributed by atoms with Gasteiger partial charge in [0, 0.05) is 47.9 Å². The molecular formula is C27H26ClF3N6O2S. The fourth-order valence-corrected chi connectivity index (χ4v) is 6.04. The van der Waals surface area contributed by atoms with Crippen LogP contribution in [0.1, 0.15) is 36.7 Å². The summed E-state index contributed by atoms with van der Waals surface area (Å²) < 4.78 is 46.0. The summed E-state index contributed by atoms with van der Waals surface area (Å²) >= 11 is 6.99. The second-order valence-corrected chi connectivity index (χ2v) is 11.4.